The molecular weight excluding hydrogens is 360 g/mol. The second-order valence-electron chi connectivity index (χ2n) is 8.28. The first kappa shape index (κ1) is 21.8. The molecule has 0 unspecified atom stereocenters. The number of rotatable bonds is 6. The van der Waals surface area contributed by atoms with E-state index in [0.29, 0.717) is 12.4 Å². The van der Waals surface area contributed by atoms with Gasteiger partial charge < -0.3 is 25.8 Å². The summed E-state index contributed by atoms with van der Waals surface area (Å²) in [6.07, 6.45) is 2.39. The van der Waals surface area contributed by atoms with Gasteiger partial charge in [-0.15, -0.1) is 0 Å². The van der Waals surface area contributed by atoms with E-state index >= 15 is 0 Å². The summed E-state index contributed by atoms with van der Waals surface area (Å²) in [5, 5.41) is 13.0. The molecule has 28 heavy (non-hydrogen) atoms. The Hall–Kier alpha value is -2.51. The van der Waals surface area contributed by atoms with Crippen molar-refractivity contribution in [2.45, 2.75) is 77.9 Å². The number of aryl methyl sites for hydroxylation is 1. The number of primary amides is 1. The number of amides is 2. The number of carbonyl (C=O) groups is 2. The Morgan fingerprint density at radius 1 is 1.32 bits per heavy atom. The molecule has 0 bridgehead atoms. The van der Waals surface area contributed by atoms with E-state index < -0.39 is 17.5 Å². The van der Waals surface area contributed by atoms with Crippen LogP contribution in [0.1, 0.15) is 69.3 Å². The zero-order valence-corrected chi connectivity index (χ0v) is 17.4. The number of carboxylic acid groups (broad SMARTS) is 1. The molecule has 0 saturated heterocycles. The molecule has 1 aromatic rings. The molecule has 8 heteroatoms. The number of nitrogens with two attached hydrogens (primary N) is 1. The Balaban J connectivity index is 2.09. The molecule has 1 heterocycles. The number of hydrogen-bond acceptors (Lipinski definition) is 5. The van der Waals surface area contributed by atoms with Gasteiger partial charge in [-0.05, 0) is 71.9 Å². The molecule has 1 saturated carbocycles. The lowest BCUT2D eigenvalue weighted by molar-refractivity contribution is 0.0556. The zero-order chi connectivity index (χ0) is 21.1. The molecule has 8 nitrogen and oxygen atoms in total. The van der Waals surface area contributed by atoms with E-state index in [2.05, 4.69) is 10.3 Å². The van der Waals surface area contributed by atoms with Gasteiger partial charge in [0.15, 0.2) is 0 Å². The summed E-state index contributed by atoms with van der Waals surface area (Å²) in [5.41, 5.74) is 6.09. The number of nitrogens with zero attached hydrogens (tertiary/aromatic N) is 2. The first-order valence-electron chi connectivity index (χ1n) is 9.77. The third kappa shape index (κ3) is 5.05. The molecule has 2 rings (SSSR count). The Morgan fingerprint density at radius 3 is 2.39 bits per heavy atom. The maximum Gasteiger partial charge on any atom is 0.407 e. The Morgan fingerprint density at radius 2 is 1.93 bits per heavy atom. The predicted octanol–water partition coefficient (Wildman–Crippen LogP) is 3.39. The summed E-state index contributed by atoms with van der Waals surface area (Å²) in [6, 6.07) is 1.90. The smallest absolute Gasteiger partial charge is 0.407 e. The minimum atomic E-state index is -0.871. The van der Waals surface area contributed by atoms with Gasteiger partial charge in [-0.1, -0.05) is 0 Å². The fourth-order valence-electron chi connectivity index (χ4n) is 3.83. The molecule has 4 N–H and O–H groups in total. The van der Waals surface area contributed by atoms with Gasteiger partial charge in [-0.3, -0.25) is 4.79 Å². The lowest BCUT2D eigenvalue weighted by atomic mass is 9.88. The van der Waals surface area contributed by atoms with Gasteiger partial charge in [0.25, 0.3) is 5.91 Å². The van der Waals surface area contributed by atoms with Crippen molar-refractivity contribution >= 4 is 17.8 Å². The molecule has 2 amide bonds. The van der Waals surface area contributed by atoms with E-state index in [1.54, 1.807) is 11.0 Å². The third-order valence-electron chi connectivity index (χ3n) is 5.06. The van der Waals surface area contributed by atoms with Crippen LogP contribution in [0, 0.1) is 6.92 Å². The highest BCUT2D eigenvalue weighted by atomic mass is 16.5. The van der Waals surface area contributed by atoms with Crippen molar-refractivity contribution in [3.8, 4) is 5.88 Å². The van der Waals surface area contributed by atoms with Crippen LogP contribution in [0.2, 0.25) is 0 Å². The normalized spacial score (nSPS) is 19.8. The average molecular weight is 393 g/mol. The summed E-state index contributed by atoms with van der Waals surface area (Å²) in [4.78, 5) is 29.3. The third-order valence-corrected chi connectivity index (χ3v) is 5.06. The number of hydrogen-bond donors (Lipinski definition) is 3. The standard InChI is InChI=1S/C20H32N4O4/c1-6-28-18-15(16(21)25)11-12(2)17(23-18)22-13-7-9-14(10-8-13)24(19(26)27)20(3,4)5/h11,13-14H,6-10H2,1-5H3,(H2,21,25)(H,22,23)(H,26,27). The van der Waals surface area contributed by atoms with Crippen LogP contribution in [0.3, 0.4) is 0 Å². The highest BCUT2D eigenvalue weighted by Crippen LogP contribution is 2.31. The van der Waals surface area contributed by atoms with Crippen molar-refractivity contribution in [2.24, 2.45) is 5.73 Å². The van der Waals surface area contributed by atoms with Gasteiger partial charge in [0.2, 0.25) is 5.88 Å². The molecule has 1 fully saturated rings. The topological polar surface area (TPSA) is 118 Å². The minimum Gasteiger partial charge on any atom is -0.477 e. The summed E-state index contributed by atoms with van der Waals surface area (Å²) in [7, 11) is 0. The molecule has 0 spiro atoms. The Kier molecular flexibility index (Phi) is 6.74. The summed E-state index contributed by atoms with van der Waals surface area (Å²) in [5.74, 6) is 0.339. The number of pyridine rings is 1. The minimum absolute atomic E-state index is 0.0147. The van der Waals surface area contributed by atoms with Crippen LogP contribution in [0.4, 0.5) is 10.6 Å². The highest BCUT2D eigenvalue weighted by Gasteiger charge is 2.35. The fraction of sp³-hybridized carbons (Fsp3) is 0.650. The molecule has 0 aromatic carbocycles. The van der Waals surface area contributed by atoms with Crippen LogP contribution in [0.5, 0.6) is 5.88 Å². The lowest BCUT2D eigenvalue weighted by Crippen LogP contribution is -2.52. The van der Waals surface area contributed by atoms with Gasteiger partial charge in [0.05, 0.1) is 6.61 Å². The largest absolute Gasteiger partial charge is 0.477 e. The van der Waals surface area contributed by atoms with Crippen LogP contribution in [0.15, 0.2) is 6.07 Å². The summed E-state index contributed by atoms with van der Waals surface area (Å²) < 4.78 is 5.47. The number of anilines is 1. The monoisotopic (exact) mass is 392 g/mol. The number of aromatic nitrogens is 1. The van der Waals surface area contributed by atoms with E-state index in [1.165, 1.54) is 0 Å². The SMILES string of the molecule is CCOc1nc(NC2CCC(N(C(=O)O)C(C)(C)C)CC2)c(C)cc1C(N)=O. The van der Waals surface area contributed by atoms with E-state index in [9.17, 15) is 14.7 Å². The van der Waals surface area contributed by atoms with E-state index in [-0.39, 0.29) is 23.5 Å². The van der Waals surface area contributed by atoms with Crippen molar-refractivity contribution in [3.63, 3.8) is 0 Å². The second-order valence-corrected chi connectivity index (χ2v) is 8.28. The first-order chi connectivity index (χ1) is 13.0. The molecule has 156 valence electrons. The Labute approximate surface area is 166 Å². The van der Waals surface area contributed by atoms with Crippen molar-refractivity contribution in [3.05, 3.63) is 17.2 Å². The number of nitrogens with one attached hydrogen (secondary N) is 1. The van der Waals surface area contributed by atoms with E-state index in [0.717, 1.165) is 31.2 Å². The molecule has 0 atom stereocenters. The molecular formula is C20H32N4O4. The van der Waals surface area contributed by atoms with Gasteiger partial charge in [0, 0.05) is 17.6 Å². The predicted molar refractivity (Wildman–Crippen MR) is 108 cm³/mol. The van der Waals surface area contributed by atoms with Gasteiger partial charge in [-0.25, -0.2) is 4.79 Å². The lowest BCUT2D eigenvalue weighted by Gasteiger charge is -2.42. The number of ether oxygens (including phenoxy) is 1. The molecule has 1 aliphatic rings. The first-order valence-corrected chi connectivity index (χ1v) is 9.77. The van der Waals surface area contributed by atoms with E-state index in [4.69, 9.17) is 10.5 Å². The van der Waals surface area contributed by atoms with Crippen molar-refractivity contribution < 1.29 is 19.4 Å². The summed E-state index contributed by atoms with van der Waals surface area (Å²) >= 11 is 0. The van der Waals surface area contributed by atoms with Crippen LogP contribution in [0.25, 0.3) is 0 Å². The van der Waals surface area contributed by atoms with Crippen molar-refractivity contribution in [1.29, 1.82) is 0 Å². The molecule has 1 aromatic heterocycles. The van der Waals surface area contributed by atoms with Gasteiger partial charge in [-0.2, -0.15) is 4.98 Å². The van der Waals surface area contributed by atoms with Crippen LogP contribution >= 0.6 is 0 Å². The van der Waals surface area contributed by atoms with Crippen LogP contribution in [-0.4, -0.2) is 51.2 Å². The maximum absolute atomic E-state index is 11.7. The summed E-state index contributed by atoms with van der Waals surface area (Å²) in [6.45, 7) is 9.86. The van der Waals surface area contributed by atoms with Crippen LogP contribution in [-0.2, 0) is 0 Å². The van der Waals surface area contributed by atoms with Gasteiger partial charge in [0.1, 0.15) is 11.4 Å². The maximum atomic E-state index is 11.7. The molecule has 0 radical (unpaired) electrons. The van der Waals surface area contributed by atoms with Gasteiger partial charge >= 0.3 is 6.09 Å². The van der Waals surface area contributed by atoms with Crippen molar-refractivity contribution in [1.82, 2.24) is 9.88 Å². The molecule has 1 aliphatic carbocycles. The van der Waals surface area contributed by atoms with Crippen molar-refractivity contribution in [2.75, 3.05) is 11.9 Å². The zero-order valence-electron chi connectivity index (χ0n) is 17.4. The average Bonchev–Trinajstić information content (AvgIpc) is 2.57. The fourth-order valence-corrected chi connectivity index (χ4v) is 3.83. The Bertz CT molecular complexity index is 722. The number of carbonyl (C=O) groups excluding carboxylic acids is 1. The second kappa shape index (κ2) is 8.67. The van der Waals surface area contributed by atoms with Crippen LogP contribution < -0.4 is 15.8 Å². The molecule has 0 aliphatic heterocycles. The quantitative estimate of drug-likeness (QED) is 0.683. The highest BCUT2D eigenvalue weighted by molar-refractivity contribution is 5.95. The van der Waals surface area contributed by atoms with E-state index in [1.807, 2.05) is 34.6 Å².